The van der Waals surface area contributed by atoms with E-state index >= 15 is 0 Å². The molecule has 3 rings (SSSR count). The first-order valence-corrected chi connectivity index (χ1v) is 10.9. The number of hydrogen-bond donors (Lipinski definition) is 2. The molecule has 148 valence electrons. The van der Waals surface area contributed by atoms with Crippen molar-refractivity contribution in [2.45, 2.75) is 57.9 Å². The molecule has 4 nitrogen and oxygen atoms in total. The molecule has 2 N–H and O–H groups in total. The Balaban J connectivity index is 1.76. The first-order valence-electron chi connectivity index (χ1n) is 10.1. The van der Waals surface area contributed by atoms with Crippen LogP contribution in [-0.2, 0) is 4.79 Å². The molecule has 28 heavy (non-hydrogen) atoms. The van der Waals surface area contributed by atoms with Gasteiger partial charge in [-0.15, -0.1) is 11.3 Å². The van der Waals surface area contributed by atoms with Crippen LogP contribution in [0.5, 0.6) is 0 Å². The summed E-state index contributed by atoms with van der Waals surface area (Å²) in [5, 5.41) is 7.96. The first-order chi connectivity index (χ1) is 13.6. The molecule has 1 aliphatic carbocycles. The number of nitrogens with one attached hydrogen (secondary N) is 2. The molecule has 5 heteroatoms. The summed E-state index contributed by atoms with van der Waals surface area (Å²) in [6, 6.07) is 11.5. The van der Waals surface area contributed by atoms with Crippen molar-refractivity contribution >= 4 is 29.2 Å². The van der Waals surface area contributed by atoms with E-state index in [0.29, 0.717) is 11.3 Å². The highest BCUT2D eigenvalue weighted by molar-refractivity contribution is 7.10. The molecule has 0 spiro atoms. The molecule has 0 bridgehead atoms. The van der Waals surface area contributed by atoms with Gasteiger partial charge in [0.2, 0.25) is 0 Å². The maximum Gasteiger partial charge on any atom is 0.268 e. The molecule has 0 saturated heterocycles. The van der Waals surface area contributed by atoms with Crippen LogP contribution >= 0.6 is 11.3 Å². The second kappa shape index (κ2) is 10.2. The highest BCUT2D eigenvalue weighted by Crippen LogP contribution is 2.18. The zero-order valence-corrected chi connectivity index (χ0v) is 17.2. The van der Waals surface area contributed by atoms with Crippen LogP contribution in [0, 0.1) is 6.92 Å². The number of carbonyl (C=O) groups excluding carboxylic acids is 2. The Labute approximate surface area is 171 Å². The lowest BCUT2D eigenvalue weighted by atomic mass is 9.96. The highest BCUT2D eigenvalue weighted by atomic mass is 32.1. The molecule has 2 amide bonds. The molecule has 0 atom stereocenters. The van der Waals surface area contributed by atoms with Gasteiger partial charge in [0.1, 0.15) is 5.70 Å². The number of hydrogen-bond acceptors (Lipinski definition) is 3. The number of amides is 2. The maximum atomic E-state index is 13.0. The molecule has 1 saturated carbocycles. The van der Waals surface area contributed by atoms with Crippen molar-refractivity contribution in [3.8, 4) is 0 Å². The van der Waals surface area contributed by atoms with Gasteiger partial charge < -0.3 is 10.6 Å². The molecule has 1 aromatic carbocycles. The van der Waals surface area contributed by atoms with Crippen molar-refractivity contribution in [1.82, 2.24) is 10.6 Å². The topological polar surface area (TPSA) is 58.2 Å². The van der Waals surface area contributed by atoms with Gasteiger partial charge in [-0.25, -0.2) is 0 Å². The van der Waals surface area contributed by atoms with Gasteiger partial charge >= 0.3 is 0 Å². The van der Waals surface area contributed by atoms with Crippen molar-refractivity contribution in [2.75, 3.05) is 0 Å². The fraction of sp³-hybridized carbons (Fsp3) is 0.391. The fourth-order valence-electron chi connectivity index (χ4n) is 3.55. The standard InChI is InChI=1S/C23H28N2O2S/c1-17-10-7-8-14-20(17)22(26)25-21(16-19-13-9-15-28-19)23(27)24-18-11-5-3-2-4-6-12-18/h7-10,13-16,18H,2-6,11-12H2,1H3,(H,24,27)(H,25,26)/b21-16-. The van der Waals surface area contributed by atoms with E-state index in [2.05, 4.69) is 10.6 Å². The minimum atomic E-state index is -0.256. The Kier molecular flexibility index (Phi) is 7.43. The fourth-order valence-corrected chi connectivity index (χ4v) is 4.21. The quantitative estimate of drug-likeness (QED) is 0.694. The molecule has 0 aliphatic heterocycles. The summed E-state index contributed by atoms with van der Waals surface area (Å²) in [7, 11) is 0. The number of carbonyl (C=O) groups is 2. The summed E-state index contributed by atoms with van der Waals surface area (Å²) in [5.41, 5.74) is 1.77. The zero-order chi connectivity index (χ0) is 19.8. The smallest absolute Gasteiger partial charge is 0.268 e. The van der Waals surface area contributed by atoms with Gasteiger partial charge in [0.05, 0.1) is 0 Å². The van der Waals surface area contributed by atoms with E-state index < -0.39 is 0 Å². The summed E-state index contributed by atoms with van der Waals surface area (Å²) in [4.78, 5) is 26.7. The van der Waals surface area contributed by atoms with Gasteiger partial charge in [0.25, 0.3) is 11.8 Å². The molecule has 2 aromatic rings. The summed E-state index contributed by atoms with van der Waals surface area (Å²) < 4.78 is 0. The Morgan fingerprint density at radius 2 is 1.71 bits per heavy atom. The van der Waals surface area contributed by atoms with Gasteiger partial charge in [0.15, 0.2) is 0 Å². The minimum absolute atomic E-state index is 0.176. The largest absolute Gasteiger partial charge is 0.348 e. The molecule has 0 radical (unpaired) electrons. The van der Waals surface area contributed by atoms with Crippen LogP contribution in [0.3, 0.4) is 0 Å². The lowest BCUT2D eigenvalue weighted by Gasteiger charge is -2.22. The van der Waals surface area contributed by atoms with Gasteiger partial charge in [-0.3, -0.25) is 9.59 Å². The summed E-state index contributed by atoms with van der Waals surface area (Å²) >= 11 is 1.54. The Morgan fingerprint density at radius 1 is 1.00 bits per heavy atom. The average molecular weight is 397 g/mol. The van der Waals surface area contributed by atoms with Gasteiger partial charge in [0, 0.05) is 16.5 Å². The second-order valence-corrected chi connectivity index (χ2v) is 8.34. The van der Waals surface area contributed by atoms with Crippen molar-refractivity contribution in [3.63, 3.8) is 0 Å². The van der Waals surface area contributed by atoms with Gasteiger partial charge in [-0.05, 0) is 48.9 Å². The van der Waals surface area contributed by atoms with Crippen LogP contribution in [0.1, 0.15) is 65.7 Å². The van der Waals surface area contributed by atoms with Crippen LogP contribution in [0.2, 0.25) is 0 Å². The predicted molar refractivity (Wildman–Crippen MR) is 115 cm³/mol. The predicted octanol–water partition coefficient (Wildman–Crippen LogP) is 5.06. The molecule has 1 heterocycles. The Bertz CT molecular complexity index is 819. The molecular weight excluding hydrogens is 368 g/mol. The molecule has 1 aliphatic rings. The second-order valence-electron chi connectivity index (χ2n) is 7.36. The van der Waals surface area contributed by atoms with Crippen LogP contribution < -0.4 is 10.6 Å². The van der Waals surface area contributed by atoms with Crippen molar-refractivity contribution in [2.24, 2.45) is 0 Å². The van der Waals surface area contributed by atoms with Crippen molar-refractivity contribution in [1.29, 1.82) is 0 Å². The van der Waals surface area contributed by atoms with Crippen molar-refractivity contribution < 1.29 is 9.59 Å². The van der Waals surface area contributed by atoms with E-state index in [4.69, 9.17) is 0 Å². The van der Waals surface area contributed by atoms with E-state index in [-0.39, 0.29) is 17.9 Å². The molecular formula is C23H28N2O2S. The van der Waals surface area contributed by atoms with Gasteiger partial charge in [-0.1, -0.05) is 56.4 Å². The highest BCUT2D eigenvalue weighted by Gasteiger charge is 2.20. The third-order valence-corrected chi connectivity index (χ3v) is 5.97. The number of rotatable bonds is 5. The monoisotopic (exact) mass is 396 g/mol. The van der Waals surface area contributed by atoms with Crippen LogP contribution in [0.25, 0.3) is 6.08 Å². The summed E-state index contributed by atoms with van der Waals surface area (Å²) in [5.74, 6) is -0.463. The number of benzene rings is 1. The maximum absolute atomic E-state index is 13.0. The molecule has 1 fully saturated rings. The normalized spacial score (nSPS) is 16.1. The number of thiophene rings is 1. The van der Waals surface area contributed by atoms with E-state index in [1.54, 1.807) is 12.1 Å². The Hall–Kier alpha value is -2.40. The van der Waals surface area contributed by atoms with Gasteiger partial charge in [-0.2, -0.15) is 0 Å². The van der Waals surface area contributed by atoms with Crippen LogP contribution in [0.4, 0.5) is 0 Å². The lowest BCUT2D eigenvalue weighted by molar-refractivity contribution is -0.118. The SMILES string of the molecule is Cc1ccccc1C(=O)N/C(=C\c1cccs1)C(=O)NC1CCCCCCC1. The van der Waals surface area contributed by atoms with Crippen molar-refractivity contribution in [3.05, 3.63) is 63.5 Å². The third kappa shape index (κ3) is 5.80. The van der Waals surface area contributed by atoms with E-state index in [0.717, 1.165) is 36.1 Å². The molecule has 0 unspecified atom stereocenters. The van der Waals surface area contributed by atoms with Crippen LogP contribution in [-0.4, -0.2) is 17.9 Å². The first kappa shape index (κ1) is 20.3. The number of aryl methyl sites for hydroxylation is 1. The van der Waals surface area contributed by atoms with E-state index in [9.17, 15) is 9.59 Å². The third-order valence-electron chi connectivity index (χ3n) is 5.15. The zero-order valence-electron chi connectivity index (χ0n) is 16.4. The summed E-state index contributed by atoms with van der Waals surface area (Å²) in [6.45, 7) is 1.89. The minimum Gasteiger partial charge on any atom is -0.348 e. The Morgan fingerprint density at radius 3 is 2.39 bits per heavy atom. The van der Waals surface area contributed by atoms with E-state index in [1.165, 1.54) is 30.6 Å². The lowest BCUT2D eigenvalue weighted by Crippen LogP contribution is -2.40. The van der Waals surface area contributed by atoms with E-state index in [1.807, 2.05) is 42.6 Å². The average Bonchev–Trinajstić information content (AvgIpc) is 3.16. The molecule has 1 aromatic heterocycles. The summed E-state index contributed by atoms with van der Waals surface area (Å²) in [6.07, 6.45) is 9.81. The van der Waals surface area contributed by atoms with Crippen LogP contribution in [0.15, 0.2) is 47.5 Å².